The summed E-state index contributed by atoms with van der Waals surface area (Å²) in [5, 5.41) is 4.05. The highest BCUT2D eigenvalue weighted by molar-refractivity contribution is 5.81. The molecule has 6 heteroatoms. The second-order valence-electron chi connectivity index (χ2n) is 6.56. The van der Waals surface area contributed by atoms with Gasteiger partial charge in [-0.3, -0.25) is 4.79 Å². The Kier molecular flexibility index (Phi) is 5.36. The van der Waals surface area contributed by atoms with Crippen molar-refractivity contribution < 1.29 is 14.1 Å². The Morgan fingerprint density at radius 3 is 2.92 bits per heavy atom. The third-order valence-electron chi connectivity index (χ3n) is 4.70. The van der Waals surface area contributed by atoms with Gasteiger partial charge in [-0.2, -0.15) is 4.98 Å². The smallest absolute Gasteiger partial charge is 0.228 e. The summed E-state index contributed by atoms with van der Waals surface area (Å²) in [5.74, 6) is 2.33. The molecule has 0 aliphatic heterocycles. The number of methoxy groups -OCH3 is 1. The van der Waals surface area contributed by atoms with Gasteiger partial charge in [0.2, 0.25) is 17.6 Å². The van der Waals surface area contributed by atoms with Gasteiger partial charge in [0.05, 0.1) is 7.11 Å². The van der Waals surface area contributed by atoms with Crippen molar-refractivity contribution in [3.63, 3.8) is 0 Å². The van der Waals surface area contributed by atoms with E-state index in [0.717, 1.165) is 30.6 Å². The molecule has 1 amide bonds. The van der Waals surface area contributed by atoms with Crippen molar-refractivity contribution >= 4 is 5.91 Å². The second kappa shape index (κ2) is 7.68. The van der Waals surface area contributed by atoms with Gasteiger partial charge in [0, 0.05) is 30.5 Å². The van der Waals surface area contributed by atoms with E-state index in [0.29, 0.717) is 24.7 Å². The predicted octanol–water partition coefficient (Wildman–Crippen LogP) is 3.32. The van der Waals surface area contributed by atoms with Crippen LogP contribution in [0.3, 0.4) is 0 Å². The average molecular weight is 343 g/mol. The molecule has 3 rings (SSSR count). The summed E-state index contributed by atoms with van der Waals surface area (Å²) >= 11 is 0. The molecular weight excluding hydrogens is 318 g/mol. The predicted molar refractivity (Wildman–Crippen MR) is 94.2 cm³/mol. The Morgan fingerprint density at radius 1 is 1.44 bits per heavy atom. The molecule has 0 N–H and O–H groups in total. The molecule has 25 heavy (non-hydrogen) atoms. The van der Waals surface area contributed by atoms with Crippen molar-refractivity contribution in [3.8, 4) is 17.1 Å². The highest BCUT2D eigenvalue weighted by atomic mass is 16.5. The third-order valence-corrected chi connectivity index (χ3v) is 4.70. The van der Waals surface area contributed by atoms with Gasteiger partial charge in [-0.1, -0.05) is 24.2 Å². The summed E-state index contributed by atoms with van der Waals surface area (Å²) < 4.78 is 10.6. The number of hydrogen-bond donors (Lipinski definition) is 0. The molecule has 1 fully saturated rings. The molecule has 1 aliphatic carbocycles. The molecule has 6 nitrogen and oxygen atoms in total. The van der Waals surface area contributed by atoms with Crippen LogP contribution in [0.2, 0.25) is 0 Å². The van der Waals surface area contributed by atoms with Gasteiger partial charge >= 0.3 is 0 Å². The lowest BCUT2D eigenvalue weighted by molar-refractivity contribution is -0.134. The van der Waals surface area contributed by atoms with Crippen LogP contribution in [0.1, 0.15) is 39.0 Å². The fraction of sp³-hybridized carbons (Fsp3) is 0.526. The molecule has 0 radical (unpaired) electrons. The van der Waals surface area contributed by atoms with Crippen LogP contribution in [-0.2, 0) is 11.2 Å². The first-order valence-corrected chi connectivity index (χ1v) is 8.89. The van der Waals surface area contributed by atoms with Crippen LogP contribution < -0.4 is 4.74 Å². The number of ether oxygens (including phenoxy) is 1. The summed E-state index contributed by atoms with van der Waals surface area (Å²) in [6.07, 6.45) is 3.55. The van der Waals surface area contributed by atoms with Gasteiger partial charge in [0.1, 0.15) is 5.75 Å². The molecule has 0 unspecified atom stereocenters. The fourth-order valence-corrected chi connectivity index (χ4v) is 2.78. The van der Waals surface area contributed by atoms with E-state index in [1.807, 2.05) is 29.2 Å². The number of rotatable bonds is 8. The minimum atomic E-state index is 0.226. The Morgan fingerprint density at radius 2 is 2.24 bits per heavy atom. The van der Waals surface area contributed by atoms with Crippen molar-refractivity contribution in [1.29, 1.82) is 0 Å². The second-order valence-corrected chi connectivity index (χ2v) is 6.56. The number of nitrogens with zero attached hydrogens (tertiary/aromatic N) is 3. The fourth-order valence-electron chi connectivity index (χ4n) is 2.78. The van der Waals surface area contributed by atoms with Crippen LogP contribution in [0.25, 0.3) is 11.4 Å². The number of carbonyl (C=O) groups is 1. The monoisotopic (exact) mass is 343 g/mol. The summed E-state index contributed by atoms with van der Waals surface area (Å²) in [6, 6.07) is 7.78. The molecule has 0 spiro atoms. The Labute approximate surface area is 148 Å². The summed E-state index contributed by atoms with van der Waals surface area (Å²) in [5.41, 5.74) is 0.849. The van der Waals surface area contributed by atoms with Crippen LogP contribution in [0.15, 0.2) is 28.8 Å². The lowest BCUT2D eigenvalue weighted by Gasteiger charge is -2.28. The van der Waals surface area contributed by atoms with Crippen molar-refractivity contribution in [2.45, 2.75) is 45.6 Å². The Bertz CT molecular complexity index is 724. The van der Waals surface area contributed by atoms with E-state index in [2.05, 4.69) is 24.0 Å². The summed E-state index contributed by atoms with van der Waals surface area (Å²) in [7, 11) is 1.63. The number of hydrogen-bond acceptors (Lipinski definition) is 5. The maximum Gasteiger partial charge on any atom is 0.228 e. The molecule has 1 atom stereocenters. The maximum atomic E-state index is 12.5. The largest absolute Gasteiger partial charge is 0.497 e. The van der Waals surface area contributed by atoms with E-state index in [4.69, 9.17) is 9.26 Å². The minimum Gasteiger partial charge on any atom is -0.497 e. The zero-order valence-corrected chi connectivity index (χ0v) is 15.1. The zero-order valence-electron chi connectivity index (χ0n) is 15.1. The Hall–Kier alpha value is -2.37. The average Bonchev–Trinajstić information content (AvgIpc) is 3.40. The number of amides is 1. The molecule has 2 aromatic rings. The van der Waals surface area contributed by atoms with Crippen LogP contribution in [0.5, 0.6) is 5.75 Å². The minimum absolute atomic E-state index is 0.226. The molecule has 134 valence electrons. The highest BCUT2D eigenvalue weighted by Crippen LogP contribution is 2.32. The molecule has 1 heterocycles. The molecule has 1 aliphatic rings. The quantitative estimate of drug-likeness (QED) is 0.735. The molecule has 0 saturated heterocycles. The van der Waals surface area contributed by atoms with E-state index in [-0.39, 0.29) is 17.9 Å². The molecule has 0 bridgehead atoms. The van der Waals surface area contributed by atoms with Crippen LogP contribution >= 0.6 is 0 Å². The summed E-state index contributed by atoms with van der Waals surface area (Å²) in [6.45, 7) is 4.81. The van der Waals surface area contributed by atoms with Crippen LogP contribution in [-0.4, -0.2) is 40.6 Å². The van der Waals surface area contributed by atoms with Crippen molar-refractivity contribution in [3.05, 3.63) is 30.2 Å². The number of carbonyl (C=O) groups excluding carboxylic acids is 1. The van der Waals surface area contributed by atoms with Gasteiger partial charge < -0.3 is 14.2 Å². The van der Waals surface area contributed by atoms with Crippen molar-refractivity contribution in [2.24, 2.45) is 5.92 Å². The highest BCUT2D eigenvalue weighted by Gasteiger charge is 2.34. The van der Waals surface area contributed by atoms with E-state index in [1.54, 1.807) is 7.11 Å². The van der Waals surface area contributed by atoms with Crippen molar-refractivity contribution in [1.82, 2.24) is 15.0 Å². The lowest BCUT2D eigenvalue weighted by Crippen LogP contribution is -2.40. The summed E-state index contributed by atoms with van der Waals surface area (Å²) in [4.78, 5) is 18.9. The van der Waals surface area contributed by atoms with Gasteiger partial charge in [0.15, 0.2) is 0 Å². The molecule has 1 saturated carbocycles. The van der Waals surface area contributed by atoms with Gasteiger partial charge in [-0.15, -0.1) is 0 Å². The third kappa shape index (κ3) is 4.18. The van der Waals surface area contributed by atoms with Gasteiger partial charge in [-0.25, -0.2) is 0 Å². The van der Waals surface area contributed by atoms with Crippen molar-refractivity contribution in [2.75, 3.05) is 13.7 Å². The normalized spacial score (nSPS) is 15.0. The molecule has 1 aromatic carbocycles. The first-order chi connectivity index (χ1) is 12.1. The van der Waals surface area contributed by atoms with E-state index in [1.165, 1.54) is 0 Å². The van der Waals surface area contributed by atoms with E-state index in [9.17, 15) is 4.79 Å². The van der Waals surface area contributed by atoms with Crippen LogP contribution in [0, 0.1) is 5.92 Å². The SMILES string of the molecule is CC[C@H](C)N(CCc1nc(-c2cccc(OC)c2)no1)C(=O)C1CC1. The standard InChI is InChI=1S/C19H25N3O3/c1-4-13(2)22(19(23)14-8-9-14)11-10-17-20-18(21-25-17)15-6-5-7-16(12-15)24-3/h5-7,12-14H,4,8-11H2,1-3H3/t13-/m0/s1. The Balaban J connectivity index is 1.66. The van der Waals surface area contributed by atoms with Crippen LogP contribution in [0.4, 0.5) is 0 Å². The molecule has 1 aromatic heterocycles. The van der Waals surface area contributed by atoms with E-state index >= 15 is 0 Å². The first-order valence-electron chi connectivity index (χ1n) is 8.89. The number of benzene rings is 1. The lowest BCUT2D eigenvalue weighted by atomic mass is 10.2. The van der Waals surface area contributed by atoms with Gasteiger partial charge in [-0.05, 0) is 38.3 Å². The maximum absolute atomic E-state index is 12.5. The zero-order chi connectivity index (χ0) is 17.8. The first kappa shape index (κ1) is 17.5. The number of aromatic nitrogens is 2. The topological polar surface area (TPSA) is 68.5 Å². The molecular formula is C19H25N3O3. The van der Waals surface area contributed by atoms with E-state index < -0.39 is 0 Å². The van der Waals surface area contributed by atoms with Gasteiger partial charge in [0.25, 0.3) is 0 Å².